The second-order valence-electron chi connectivity index (χ2n) is 10.7. The van der Waals surface area contributed by atoms with E-state index in [4.69, 9.17) is 0 Å². The van der Waals surface area contributed by atoms with Crippen molar-refractivity contribution in [1.82, 2.24) is 5.32 Å². The molecule has 0 aromatic rings. The fourth-order valence-electron chi connectivity index (χ4n) is 6.48. The Bertz CT molecular complexity index is 744. The van der Waals surface area contributed by atoms with Crippen molar-refractivity contribution in [3.63, 3.8) is 0 Å². The van der Waals surface area contributed by atoms with Crippen molar-refractivity contribution in [3.8, 4) is 0 Å². The van der Waals surface area contributed by atoms with E-state index in [1.165, 1.54) is 38.5 Å². The maximum Gasteiger partial charge on any atom is 0.220 e. The minimum absolute atomic E-state index is 0.157. The number of amides is 1. The van der Waals surface area contributed by atoms with Gasteiger partial charge in [-0.25, -0.2) is 0 Å². The second-order valence-corrected chi connectivity index (χ2v) is 10.7. The number of carbonyl (C=O) groups excluding carboxylic acids is 1. The lowest BCUT2D eigenvalue weighted by Gasteiger charge is -2.56. The van der Waals surface area contributed by atoms with E-state index in [-0.39, 0.29) is 11.4 Å². The molecular formula is C32H47NO. The summed E-state index contributed by atoms with van der Waals surface area (Å²) in [7, 11) is 0. The Labute approximate surface area is 209 Å². The molecule has 0 atom stereocenters. The average molecular weight is 462 g/mol. The minimum Gasteiger partial charge on any atom is -0.351 e. The van der Waals surface area contributed by atoms with Gasteiger partial charge >= 0.3 is 0 Å². The van der Waals surface area contributed by atoms with Gasteiger partial charge in [-0.05, 0) is 101 Å². The summed E-state index contributed by atoms with van der Waals surface area (Å²) in [5, 5.41) is 3.48. The summed E-state index contributed by atoms with van der Waals surface area (Å²) in [6, 6.07) is 0. The molecule has 0 saturated heterocycles. The van der Waals surface area contributed by atoms with Crippen molar-refractivity contribution in [2.24, 2.45) is 17.8 Å². The number of rotatable bonds is 15. The third kappa shape index (κ3) is 9.65. The molecule has 1 N–H and O–H groups in total. The molecular weight excluding hydrogens is 414 g/mol. The fourth-order valence-corrected chi connectivity index (χ4v) is 6.48. The molecule has 4 aliphatic carbocycles. The van der Waals surface area contributed by atoms with Crippen LogP contribution in [0.1, 0.15) is 96.8 Å². The van der Waals surface area contributed by atoms with Crippen LogP contribution in [0.4, 0.5) is 0 Å². The highest BCUT2D eigenvalue weighted by atomic mass is 16.1. The first-order chi connectivity index (χ1) is 16.7. The lowest BCUT2D eigenvalue weighted by Crippen LogP contribution is -2.59. The highest BCUT2D eigenvalue weighted by Crippen LogP contribution is 2.55. The van der Waals surface area contributed by atoms with Crippen LogP contribution in [0.2, 0.25) is 0 Å². The largest absolute Gasteiger partial charge is 0.351 e. The van der Waals surface area contributed by atoms with Gasteiger partial charge in [0.25, 0.3) is 0 Å². The molecule has 186 valence electrons. The highest BCUT2D eigenvalue weighted by Gasteiger charge is 2.51. The number of hydrogen-bond acceptors (Lipinski definition) is 1. The van der Waals surface area contributed by atoms with Gasteiger partial charge in [-0.2, -0.15) is 0 Å². The van der Waals surface area contributed by atoms with Crippen molar-refractivity contribution >= 4 is 5.91 Å². The molecule has 4 aliphatic rings. The summed E-state index contributed by atoms with van der Waals surface area (Å²) in [6.07, 6.45) is 42.2. The molecule has 2 heteroatoms. The van der Waals surface area contributed by atoms with Crippen LogP contribution in [0, 0.1) is 17.8 Å². The van der Waals surface area contributed by atoms with Gasteiger partial charge in [-0.15, -0.1) is 0 Å². The maximum atomic E-state index is 12.5. The van der Waals surface area contributed by atoms with Gasteiger partial charge in [0.05, 0.1) is 0 Å². The summed E-state index contributed by atoms with van der Waals surface area (Å²) in [5.41, 5.74) is 0.157. The molecule has 0 aliphatic heterocycles. The maximum absolute atomic E-state index is 12.5. The van der Waals surface area contributed by atoms with Crippen LogP contribution in [-0.4, -0.2) is 11.4 Å². The first kappa shape index (κ1) is 26.5. The van der Waals surface area contributed by atoms with E-state index in [1.807, 2.05) is 0 Å². The lowest BCUT2D eigenvalue weighted by atomic mass is 9.53. The van der Waals surface area contributed by atoms with Gasteiger partial charge in [-0.1, -0.05) is 79.8 Å². The first-order valence-electron chi connectivity index (χ1n) is 13.9. The van der Waals surface area contributed by atoms with Gasteiger partial charge in [0.2, 0.25) is 5.91 Å². The van der Waals surface area contributed by atoms with Crippen LogP contribution in [0.5, 0.6) is 0 Å². The summed E-state index contributed by atoms with van der Waals surface area (Å²) in [4.78, 5) is 12.5. The van der Waals surface area contributed by atoms with E-state index in [0.717, 1.165) is 62.7 Å². The van der Waals surface area contributed by atoms with Gasteiger partial charge < -0.3 is 5.32 Å². The predicted octanol–water partition coefficient (Wildman–Crippen LogP) is 8.55. The molecule has 0 unspecified atom stereocenters. The van der Waals surface area contributed by atoms with Gasteiger partial charge in [-0.3, -0.25) is 4.79 Å². The molecule has 2 nitrogen and oxygen atoms in total. The molecule has 4 saturated carbocycles. The van der Waals surface area contributed by atoms with Crippen molar-refractivity contribution in [2.75, 3.05) is 0 Å². The zero-order valence-corrected chi connectivity index (χ0v) is 21.5. The molecule has 0 aromatic carbocycles. The SMILES string of the molecule is CC/C=C\C/C=C\C/C=C\C/C=C\C/C=C\C/C=C\CCC(=O)NC12CC3CC(CC(C3)C1)C2. The van der Waals surface area contributed by atoms with Crippen molar-refractivity contribution in [2.45, 2.75) is 102 Å². The van der Waals surface area contributed by atoms with Crippen molar-refractivity contribution in [3.05, 3.63) is 72.9 Å². The molecule has 0 aromatic heterocycles. The Kier molecular flexibility index (Phi) is 11.7. The minimum atomic E-state index is 0.157. The number of nitrogens with one attached hydrogen (secondary N) is 1. The van der Waals surface area contributed by atoms with Crippen molar-refractivity contribution in [1.29, 1.82) is 0 Å². The molecule has 4 rings (SSSR count). The van der Waals surface area contributed by atoms with E-state index >= 15 is 0 Å². The zero-order chi connectivity index (χ0) is 23.9. The van der Waals surface area contributed by atoms with E-state index in [0.29, 0.717) is 6.42 Å². The van der Waals surface area contributed by atoms with E-state index in [2.05, 4.69) is 85.2 Å². The Balaban J connectivity index is 1.17. The molecule has 4 bridgehead atoms. The Morgan fingerprint density at radius 1 is 0.647 bits per heavy atom. The van der Waals surface area contributed by atoms with Crippen LogP contribution in [0.15, 0.2) is 72.9 Å². The standard InChI is InChI=1S/C32H47NO/c1-2-3-4-5-6-7-8-9-10-11-12-13-14-15-16-17-18-19-20-21-31(34)33-32-25-28-22-29(26-32)24-30(23-28)27-32/h3-4,6-7,9-10,12-13,15-16,18-19,28-30H,2,5,8,11,14,17,20-27H2,1H3,(H,33,34)/b4-3-,7-6-,10-9-,13-12-,16-15-,19-18-. The van der Waals surface area contributed by atoms with Crippen LogP contribution in [-0.2, 0) is 4.79 Å². The molecule has 4 fully saturated rings. The summed E-state index contributed by atoms with van der Waals surface area (Å²) >= 11 is 0. The summed E-state index contributed by atoms with van der Waals surface area (Å²) < 4.78 is 0. The average Bonchev–Trinajstić information content (AvgIpc) is 2.79. The third-order valence-corrected chi connectivity index (χ3v) is 7.58. The molecule has 34 heavy (non-hydrogen) atoms. The smallest absolute Gasteiger partial charge is 0.220 e. The zero-order valence-electron chi connectivity index (χ0n) is 21.5. The fraction of sp³-hybridized carbons (Fsp3) is 0.594. The lowest BCUT2D eigenvalue weighted by molar-refractivity contribution is -0.126. The Hall–Kier alpha value is -2.09. The topological polar surface area (TPSA) is 29.1 Å². The number of hydrogen-bond donors (Lipinski definition) is 1. The van der Waals surface area contributed by atoms with E-state index < -0.39 is 0 Å². The van der Waals surface area contributed by atoms with Crippen LogP contribution >= 0.6 is 0 Å². The Morgan fingerprint density at radius 3 is 1.44 bits per heavy atom. The summed E-state index contributed by atoms with van der Waals surface area (Å²) in [5.74, 6) is 2.92. The Morgan fingerprint density at radius 2 is 1.03 bits per heavy atom. The van der Waals surface area contributed by atoms with Gasteiger partial charge in [0, 0.05) is 12.0 Å². The normalized spacial score (nSPS) is 28.8. The van der Waals surface area contributed by atoms with Gasteiger partial charge in [0.1, 0.15) is 0 Å². The predicted molar refractivity (Wildman–Crippen MR) is 146 cm³/mol. The molecule has 1 amide bonds. The second kappa shape index (κ2) is 15.0. The third-order valence-electron chi connectivity index (χ3n) is 7.58. The first-order valence-corrected chi connectivity index (χ1v) is 13.9. The monoisotopic (exact) mass is 461 g/mol. The highest BCUT2D eigenvalue weighted by molar-refractivity contribution is 5.77. The van der Waals surface area contributed by atoms with Crippen molar-refractivity contribution < 1.29 is 4.79 Å². The van der Waals surface area contributed by atoms with Crippen LogP contribution < -0.4 is 5.32 Å². The van der Waals surface area contributed by atoms with Gasteiger partial charge in [0.15, 0.2) is 0 Å². The van der Waals surface area contributed by atoms with Crippen LogP contribution in [0.3, 0.4) is 0 Å². The molecule has 0 radical (unpaired) electrons. The molecule has 0 spiro atoms. The summed E-state index contributed by atoms with van der Waals surface area (Å²) in [6.45, 7) is 2.16. The van der Waals surface area contributed by atoms with E-state index in [9.17, 15) is 4.79 Å². The molecule has 0 heterocycles. The quantitative estimate of drug-likeness (QED) is 0.243. The number of allylic oxidation sites excluding steroid dienone is 12. The van der Waals surface area contributed by atoms with E-state index in [1.54, 1.807) is 0 Å². The van der Waals surface area contributed by atoms with Crippen LogP contribution in [0.25, 0.3) is 0 Å². The number of carbonyl (C=O) groups is 1.